The first-order chi connectivity index (χ1) is 17.0. The molecule has 0 aliphatic carbocycles. The number of aromatic nitrogens is 3. The molecule has 5 rings (SSSR count). The number of ether oxygens (including phenoxy) is 2. The first kappa shape index (κ1) is 22.7. The largest absolute Gasteiger partial charge is 0.343 e. The number of hydrogen-bond donors (Lipinski definition) is 3. The van der Waals surface area contributed by atoms with Gasteiger partial charge in [0, 0.05) is 29.2 Å². The van der Waals surface area contributed by atoms with Crippen molar-refractivity contribution in [2.45, 2.75) is 18.8 Å². The Hall–Kier alpha value is -4.08. The topological polar surface area (TPSA) is 101 Å². The summed E-state index contributed by atoms with van der Waals surface area (Å²) in [5, 5.41) is 5.71. The van der Waals surface area contributed by atoms with Crippen molar-refractivity contribution in [2.75, 3.05) is 18.5 Å². The highest BCUT2D eigenvalue weighted by Gasteiger charge is 2.36. The molecular formula is C26H24FN5O3. The summed E-state index contributed by atoms with van der Waals surface area (Å²) < 4.78 is 25.4. The smallest absolute Gasteiger partial charge is 0.319 e. The number of carbonyl (C=O) groups excluding carboxylic acids is 1. The van der Waals surface area contributed by atoms with E-state index in [1.54, 1.807) is 24.5 Å². The normalized spacial score (nSPS) is 19.8. The van der Waals surface area contributed by atoms with Gasteiger partial charge in [0.2, 0.25) is 6.29 Å². The maximum atomic E-state index is 13.5. The van der Waals surface area contributed by atoms with Gasteiger partial charge in [-0.1, -0.05) is 18.2 Å². The molecule has 2 amide bonds. The first-order valence-corrected chi connectivity index (χ1v) is 11.1. The van der Waals surface area contributed by atoms with Crippen molar-refractivity contribution < 1.29 is 18.7 Å². The van der Waals surface area contributed by atoms with E-state index < -0.39 is 11.8 Å². The standard InChI is InChI=1S/C26H24FN5O3/c1-26(32-25(33)29-20-5-3-2-4-6-20)15-34-24(35-16-26)23-30-21(17-7-9-19(27)10-8-17)22(31-23)18-11-13-28-14-12-18/h2-14,24H,15-16H2,1H3,(H,30,31)(H2,29,32,33). The number of imidazole rings is 1. The summed E-state index contributed by atoms with van der Waals surface area (Å²) in [6.07, 6.45) is 2.63. The monoisotopic (exact) mass is 473 g/mol. The zero-order chi connectivity index (χ0) is 24.3. The van der Waals surface area contributed by atoms with E-state index in [0.717, 1.165) is 16.8 Å². The summed E-state index contributed by atoms with van der Waals surface area (Å²) in [6.45, 7) is 2.29. The number of para-hydroxylation sites is 1. The third kappa shape index (κ3) is 5.21. The average molecular weight is 474 g/mol. The van der Waals surface area contributed by atoms with E-state index in [-0.39, 0.29) is 25.1 Å². The predicted octanol–water partition coefficient (Wildman–Crippen LogP) is 4.90. The maximum Gasteiger partial charge on any atom is 0.319 e. The van der Waals surface area contributed by atoms with Gasteiger partial charge in [0.05, 0.1) is 30.1 Å². The number of pyridine rings is 1. The van der Waals surface area contributed by atoms with Crippen molar-refractivity contribution in [3.8, 4) is 22.5 Å². The Morgan fingerprint density at radius 1 is 1.00 bits per heavy atom. The molecular weight excluding hydrogens is 449 g/mol. The van der Waals surface area contributed by atoms with Gasteiger partial charge < -0.3 is 25.1 Å². The molecule has 9 heteroatoms. The lowest BCUT2D eigenvalue weighted by Gasteiger charge is -2.37. The van der Waals surface area contributed by atoms with Gasteiger partial charge in [0.25, 0.3) is 0 Å². The number of H-pyrrole nitrogens is 1. The number of rotatable bonds is 5. The Morgan fingerprint density at radius 2 is 1.69 bits per heavy atom. The lowest BCUT2D eigenvalue weighted by atomic mass is 10.0. The van der Waals surface area contributed by atoms with E-state index in [2.05, 4.69) is 20.6 Å². The SMILES string of the molecule is CC1(NC(=O)Nc2ccccc2)COC(c2nc(-c3ccc(F)cc3)c(-c3ccncc3)[nH]2)OC1. The van der Waals surface area contributed by atoms with Crippen LogP contribution in [0, 0.1) is 5.82 Å². The Labute approximate surface area is 201 Å². The van der Waals surface area contributed by atoms with Crippen LogP contribution in [0.4, 0.5) is 14.9 Å². The second kappa shape index (κ2) is 9.65. The van der Waals surface area contributed by atoms with E-state index in [1.807, 2.05) is 49.4 Å². The quantitative estimate of drug-likeness (QED) is 0.383. The molecule has 3 heterocycles. The van der Waals surface area contributed by atoms with Gasteiger partial charge in [-0.05, 0) is 55.5 Å². The Kier molecular flexibility index (Phi) is 6.26. The molecule has 35 heavy (non-hydrogen) atoms. The summed E-state index contributed by atoms with van der Waals surface area (Å²) in [5.74, 6) is 0.156. The number of nitrogens with one attached hydrogen (secondary N) is 3. The van der Waals surface area contributed by atoms with Crippen LogP contribution in [0.3, 0.4) is 0 Å². The van der Waals surface area contributed by atoms with Crippen molar-refractivity contribution in [3.05, 3.63) is 90.8 Å². The molecule has 0 atom stereocenters. The number of benzene rings is 2. The highest BCUT2D eigenvalue weighted by molar-refractivity contribution is 5.89. The number of urea groups is 1. The molecule has 3 N–H and O–H groups in total. The van der Waals surface area contributed by atoms with Gasteiger partial charge in [0.1, 0.15) is 5.82 Å². The average Bonchev–Trinajstić information content (AvgIpc) is 3.31. The van der Waals surface area contributed by atoms with E-state index in [0.29, 0.717) is 17.2 Å². The van der Waals surface area contributed by atoms with Crippen LogP contribution < -0.4 is 10.6 Å². The number of anilines is 1. The molecule has 0 radical (unpaired) electrons. The molecule has 0 saturated carbocycles. The van der Waals surface area contributed by atoms with Crippen LogP contribution in [0.25, 0.3) is 22.5 Å². The highest BCUT2D eigenvalue weighted by Crippen LogP contribution is 2.34. The second-order valence-electron chi connectivity index (χ2n) is 8.55. The van der Waals surface area contributed by atoms with Crippen molar-refractivity contribution >= 4 is 11.7 Å². The summed E-state index contributed by atoms with van der Waals surface area (Å²) in [6, 6.07) is 18.7. The molecule has 0 bridgehead atoms. The molecule has 1 fully saturated rings. The van der Waals surface area contributed by atoms with Gasteiger partial charge >= 0.3 is 6.03 Å². The molecule has 2 aromatic carbocycles. The first-order valence-electron chi connectivity index (χ1n) is 11.1. The van der Waals surface area contributed by atoms with Gasteiger partial charge in [-0.3, -0.25) is 4.98 Å². The summed E-state index contributed by atoms with van der Waals surface area (Å²) in [7, 11) is 0. The minimum atomic E-state index is -0.753. The molecule has 2 aromatic heterocycles. The third-order valence-electron chi connectivity index (χ3n) is 5.59. The minimum absolute atomic E-state index is 0.219. The molecule has 4 aromatic rings. The van der Waals surface area contributed by atoms with E-state index in [9.17, 15) is 9.18 Å². The number of aromatic amines is 1. The number of carbonyl (C=O) groups is 1. The Morgan fingerprint density at radius 3 is 2.37 bits per heavy atom. The fourth-order valence-electron chi connectivity index (χ4n) is 3.84. The fourth-order valence-corrected chi connectivity index (χ4v) is 3.84. The zero-order valence-electron chi connectivity index (χ0n) is 19.0. The maximum absolute atomic E-state index is 13.5. The van der Waals surface area contributed by atoms with Crippen molar-refractivity contribution in [3.63, 3.8) is 0 Å². The second-order valence-corrected chi connectivity index (χ2v) is 8.55. The number of nitrogens with zero attached hydrogens (tertiary/aromatic N) is 2. The number of hydrogen-bond acceptors (Lipinski definition) is 5. The number of halogens is 1. The van der Waals surface area contributed by atoms with E-state index >= 15 is 0 Å². The van der Waals surface area contributed by atoms with Gasteiger partial charge in [-0.25, -0.2) is 14.2 Å². The predicted molar refractivity (Wildman–Crippen MR) is 129 cm³/mol. The van der Waals surface area contributed by atoms with E-state index in [1.165, 1.54) is 12.1 Å². The van der Waals surface area contributed by atoms with Crippen molar-refractivity contribution in [1.29, 1.82) is 0 Å². The van der Waals surface area contributed by atoms with Crippen LogP contribution in [-0.4, -0.2) is 39.7 Å². The minimum Gasteiger partial charge on any atom is -0.343 e. The molecule has 0 unspecified atom stereocenters. The van der Waals surface area contributed by atoms with Crippen LogP contribution in [0.5, 0.6) is 0 Å². The van der Waals surface area contributed by atoms with Gasteiger partial charge in [0.15, 0.2) is 5.82 Å². The zero-order valence-corrected chi connectivity index (χ0v) is 19.0. The van der Waals surface area contributed by atoms with Crippen LogP contribution in [0.1, 0.15) is 19.0 Å². The number of amides is 2. The van der Waals surface area contributed by atoms with Crippen LogP contribution in [0.2, 0.25) is 0 Å². The molecule has 1 saturated heterocycles. The molecule has 178 valence electrons. The lowest BCUT2D eigenvalue weighted by Crippen LogP contribution is -2.56. The molecule has 1 aliphatic heterocycles. The van der Waals surface area contributed by atoms with Crippen LogP contribution in [0.15, 0.2) is 79.1 Å². The summed E-state index contributed by atoms with van der Waals surface area (Å²) in [4.78, 5) is 24.5. The van der Waals surface area contributed by atoms with Gasteiger partial charge in [-0.15, -0.1) is 0 Å². The lowest BCUT2D eigenvalue weighted by molar-refractivity contribution is -0.215. The van der Waals surface area contributed by atoms with Crippen LogP contribution >= 0.6 is 0 Å². The van der Waals surface area contributed by atoms with Crippen LogP contribution in [-0.2, 0) is 9.47 Å². The fraction of sp³-hybridized carbons (Fsp3) is 0.192. The van der Waals surface area contributed by atoms with Crippen molar-refractivity contribution in [1.82, 2.24) is 20.3 Å². The van der Waals surface area contributed by atoms with E-state index in [4.69, 9.17) is 14.5 Å². The highest BCUT2D eigenvalue weighted by atomic mass is 19.1. The Balaban J connectivity index is 1.32. The molecule has 0 spiro atoms. The summed E-state index contributed by atoms with van der Waals surface area (Å²) >= 11 is 0. The van der Waals surface area contributed by atoms with Crippen molar-refractivity contribution in [2.24, 2.45) is 0 Å². The third-order valence-corrected chi connectivity index (χ3v) is 5.59. The van der Waals surface area contributed by atoms with Gasteiger partial charge in [-0.2, -0.15) is 0 Å². The summed E-state index contributed by atoms with van der Waals surface area (Å²) in [5.41, 5.74) is 2.98. The molecule has 8 nitrogen and oxygen atoms in total. The molecule has 1 aliphatic rings. The Bertz CT molecular complexity index is 1290.